The van der Waals surface area contributed by atoms with Gasteiger partial charge in [-0.1, -0.05) is 12.1 Å². The van der Waals surface area contributed by atoms with E-state index in [9.17, 15) is 26.3 Å². The SMILES string of the molecule is NNC(CC(F)(F)F)c1ccc(C(F)(F)F)cc1. The molecule has 0 aromatic heterocycles. The lowest BCUT2D eigenvalue weighted by Crippen LogP contribution is -2.31. The Morgan fingerprint density at radius 1 is 1.00 bits per heavy atom. The molecule has 1 atom stereocenters. The van der Waals surface area contributed by atoms with Gasteiger partial charge in [0.05, 0.1) is 18.0 Å². The molecule has 0 aliphatic rings. The van der Waals surface area contributed by atoms with E-state index in [4.69, 9.17) is 5.84 Å². The van der Waals surface area contributed by atoms with Crippen LogP contribution < -0.4 is 11.3 Å². The Morgan fingerprint density at radius 2 is 1.50 bits per heavy atom. The highest BCUT2D eigenvalue weighted by Crippen LogP contribution is 2.32. The number of halogens is 6. The number of nitrogens with two attached hydrogens (primary N) is 1. The molecule has 0 bridgehead atoms. The second kappa shape index (κ2) is 5.15. The predicted molar refractivity (Wildman–Crippen MR) is 52.2 cm³/mol. The average molecular weight is 272 g/mol. The van der Waals surface area contributed by atoms with E-state index >= 15 is 0 Å². The Morgan fingerprint density at radius 3 is 1.83 bits per heavy atom. The third-order valence-electron chi connectivity index (χ3n) is 2.28. The van der Waals surface area contributed by atoms with Crippen molar-refractivity contribution in [1.82, 2.24) is 5.43 Å². The first kappa shape index (κ1) is 14.8. The topological polar surface area (TPSA) is 38.0 Å². The molecule has 18 heavy (non-hydrogen) atoms. The van der Waals surface area contributed by atoms with E-state index in [1.807, 2.05) is 5.43 Å². The van der Waals surface area contributed by atoms with Crippen LogP contribution in [0.4, 0.5) is 26.3 Å². The minimum atomic E-state index is -4.52. The van der Waals surface area contributed by atoms with Crippen molar-refractivity contribution >= 4 is 0 Å². The Labute approximate surface area is 98.7 Å². The van der Waals surface area contributed by atoms with E-state index in [2.05, 4.69) is 0 Å². The molecule has 1 unspecified atom stereocenters. The van der Waals surface area contributed by atoms with Gasteiger partial charge in [0.25, 0.3) is 0 Å². The second-order valence-corrected chi connectivity index (χ2v) is 3.66. The number of nitrogens with one attached hydrogen (secondary N) is 1. The van der Waals surface area contributed by atoms with Gasteiger partial charge in [-0.2, -0.15) is 26.3 Å². The van der Waals surface area contributed by atoms with Crippen LogP contribution in [-0.2, 0) is 6.18 Å². The molecule has 1 aromatic rings. The van der Waals surface area contributed by atoms with Gasteiger partial charge in [0.15, 0.2) is 0 Å². The van der Waals surface area contributed by atoms with Gasteiger partial charge in [-0.05, 0) is 17.7 Å². The fourth-order valence-electron chi connectivity index (χ4n) is 1.41. The molecule has 0 heterocycles. The van der Waals surface area contributed by atoms with E-state index in [-0.39, 0.29) is 5.56 Å². The van der Waals surface area contributed by atoms with Gasteiger partial charge < -0.3 is 0 Å². The van der Waals surface area contributed by atoms with Crippen LogP contribution in [0.3, 0.4) is 0 Å². The Balaban J connectivity index is 2.89. The zero-order valence-corrected chi connectivity index (χ0v) is 8.94. The molecule has 1 rings (SSSR count). The molecule has 1 aromatic carbocycles. The third kappa shape index (κ3) is 4.19. The van der Waals surface area contributed by atoms with Crippen LogP contribution in [0.2, 0.25) is 0 Å². The van der Waals surface area contributed by atoms with Crippen LogP contribution in [0.15, 0.2) is 24.3 Å². The van der Waals surface area contributed by atoms with Crippen LogP contribution in [0, 0.1) is 0 Å². The third-order valence-corrected chi connectivity index (χ3v) is 2.28. The molecule has 0 saturated heterocycles. The summed E-state index contributed by atoms with van der Waals surface area (Å²) < 4.78 is 73.3. The Hall–Kier alpha value is -1.28. The molecule has 0 aliphatic carbocycles. The Bertz CT molecular complexity index is 381. The molecule has 102 valence electrons. The summed E-state index contributed by atoms with van der Waals surface area (Å²) in [6.45, 7) is 0. The van der Waals surface area contributed by atoms with E-state index in [1.54, 1.807) is 0 Å². The van der Waals surface area contributed by atoms with Crippen LogP contribution in [0.5, 0.6) is 0 Å². The second-order valence-electron chi connectivity index (χ2n) is 3.66. The number of hydrogen-bond acceptors (Lipinski definition) is 2. The molecule has 0 fully saturated rings. The first-order valence-electron chi connectivity index (χ1n) is 4.83. The largest absolute Gasteiger partial charge is 0.416 e. The van der Waals surface area contributed by atoms with Crippen molar-refractivity contribution < 1.29 is 26.3 Å². The zero-order valence-electron chi connectivity index (χ0n) is 8.94. The van der Waals surface area contributed by atoms with Gasteiger partial charge in [-0.15, -0.1) is 0 Å². The van der Waals surface area contributed by atoms with E-state index in [0.29, 0.717) is 0 Å². The molecule has 0 amide bonds. The maximum atomic E-state index is 12.3. The summed E-state index contributed by atoms with van der Waals surface area (Å²) in [4.78, 5) is 0. The summed E-state index contributed by atoms with van der Waals surface area (Å²) in [6, 6.07) is 2.11. The normalized spacial score (nSPS) is 14.6. The summed E-state index contributed by atoms with van der Waals surface area (Å²) in [7, 11) is 0. The van der Waals surface area contributed by atoms with Crippen molar-refractivity contribution in [1.29, 1.82) is 0 Å². The zero-order chi connectivity index (χ0) is 14.0. The van der Waals surface area contributed by atoms with Crippen LogP contribution in [0.25, 0.3) is 0 Å². The fourth-order valence-corrected chi connectivity index (χ4v) is 1.41. The summed E-state index contributed by atoms with van der Waals surface area (Å²) in [5.41, 5.74) is 1.05. The molecule has 0 spiro atoms. The lowest BCUT2D eigenvalue weighted by atomic mass is 10.0. The molecular formula is C10H10F6N2. The van der Waals surface area contributed by atoms with E-state index < -0.39 is 30.4 Å². The smallest absolute Gasteiger partial charge is 0.271 e. The van der Waals surface area contributed by atoms with Crippen molar-refractivity contribution in [3.63, 3.8) is 0 Å². The quantitative estimate of drug-likeness (QED) is 0.504. The standard InChI is InChI=1S/C10H10F6N2/c11-9(12,13)5-8(18-17)6-1-3-7(4-2-6)10(14,15)16/h1-4,8,18H,5,17H2. The summed E-state index contributed by atoms with van der Waals surface area (Å²) in [5, 5.41) is 0. The van der Waals surface area contributed by atoms with E-state index in [0.717, 1.165) is 24.3 Å². The molecular weight excluding hydrogens is 262 g/mol. The van der Waals surface area contributed by atoms with Crippen molar-refractivity contribution in [3.05, 3.63) is 35.4 Å². The molecule has 2 nitrogen and oxygen atoms in total. The fraction of sp³-hybridized carbons (Fsp3) is 0.400. The van der Waals surface area contributed by atoms with Crippen molar-refractivity contribution in [3.8, 4) is 0 Å². The highest BCUT2D eigenvalue weighted by molar-refractivity contribution is 5.26. The van der Waals surface area contributed by atoms with Crippen molar-refractivity contribution in [2.45, 2.75) is 24.8 Å². The molecule has 3 N–H and O–H groups in total. The first-order chi connectivity index (χ1) is 8.13. The lowest BCUT2D eigenvalue weighted by molar-refractivity contribution is -0.141. The van der Waals surface area contributed by atoms with Gasteiger partial charge in [0.1, 0.15) is 0 Å². The maximum absolute atomic E-state index is 12.3. The van der Waals surface area contributed by atoms with Gasteiger partial charge in [-0.3, -0.25) is 11.3 Å². The number of hydrogen-bond donors (Lipinski definition) is 2. The molecule has 0 radical (unpaired) electrons. The van der Waals surface area contributed by atoms with Gasteiger partial charge in [-0.25, -0.2) is 0 Å². The molecule has 0 aliphatic heterocycles. The number of rotatable bonds is 3. The minimum absolute atomic E-state index is 0.0443. The van der Waals surface area contributed by atoms with Crippen LogP contribution >= 0.6 is 0 Å². The van der Waals surface area contributed by atoms with Crippen LogP contribution in [0.1, 0.15) is 23.6 Å². The number of benzene rings is 1. The highest BCUT2D eigenvalue weighted by atomic mass is 19.4. The summed E-state index contributed by atoms with van der Waals surface area (Å²) >= 11 is 0. The summed E-state index contributed by atoms with van der Waals surface area (Å²) in [6.07, 6.45) is -10.2. The minimum Gasteiger partial charge on any atom is -0.271 e. The van der Waals surface area contributed by atoms with Crippen molar-refractivity contribution in [2.75, 3.05) is 0 Å². The van der Waals surface area contributed by atoms with Crippen LogP contribution in [-0.4, -0.2) is 6.18 Å². The van der Waals surface area contributed by atoms with Gasteiger partial charge in [0, 0.05) is 0 Å². The number of hydrazine groups is 1. The van der Waals surface area contributed by atoms with Gasteiger partial charge in [0.2, 0.25) is 0 Å². The monoisotopic (exact) mass is 272 g/mol. The first-order valence-corrected chi connectivity index (χ1v) is 4.83. The van der Waals surface area contributed by atoms with Crippen molar-refractivity contribution in [2.24, 2.45) is 5.84 Å². The Kier molecular flexibility index (Phi) is 4.23. The van der Waals surface area contributed by atoms with E-state index in [1.165, 1.54) is 0 Å². The van der Waals surface area contributed by atoms with Gasteiger partial charge >= 0.3 is 12.4 Å². The average Bonchev–Trinajstić information content (AvgIpc) is 2.24. The summed E-state index contributed by atoms with van der Waals surface area (Å²) in [5.74, 6) is 4.96. The highest BCUT2D eigenvalue weighted by Gasteiger charge is 2.33. The lowest BCUT2D eigenvalue weighted by Gasteiger charge is -2.18. The predicted octanol–water partition coefficient (Wildman–Crippen LogP) is 3.16. The molecule has 0 saturated carbocycles. The number of alkyl halides is 6. The molecule has 8 heteroatoms. The maximum Gasteiger partial charge on any atom is 0.416 e.